The molecule has 0 unspecified atom stereocenters. The van der Waals surface area contributed by atoms with Crippen molar-refractivity contribution in [1.29, 1.82) is 0 Å². The van der Waals surface area contributed by atoms with E-state index in [1.807, 2.05) is 17.0 Å². The van der Waals surface area contributed by atoms with Crippen LogP contribution in [0.3, 0.4) is 0 Å². The van der Waals surface area contributed by atoms with Crippen LogP contribution in [0.5, 0.6) is 0 Å². The molecule has 0 radical (unpaired) electrons. The minimum absolute atomic E-state index is 0.263. The van der Waals surface area contributed by atoms with Crippen LogP contribution in [0, 0.1) is 0 Å². The third-order valence-electron chi connectivity index (χ3n) is 3.51. The Bertz CT molecular complexity index is 403. The highest BCUT2D eigenvalue weighted by atomic mass is 16.2. The van der Waals surface area contributed by atoms with Crippen molar-refractivity contribution in [3.63, 3.8) is 0 Å². The summed E-state index contributed by atoms with van der Waals surface area (Å²) in [6, 6.07) is 8.25. The predicted molar refractivity (Wildman–Crippen MR) is 74.6 cm³/mol. The fourth-order valence-corrected chi connectivity index (χ4v) is 2.52. The Balaban J connectivity index is 1.95. The van der Waals surface area contributed by atoms with Crippen LogP contribution in [0.25, 0.3) is 0 Å². The number of carbonyl (C=O) groups excluding carboxylic acids is 1. The lowest BCUT2D eigenvalue weighted by molar-refractivity contribution is -0.118. The van der Waals surface area contributed by atoms with Crippen molar-refractivity contribution in [2.75, 3.05) is 18.0 Å². The number of rotatable bonds is 5. The van der Waals surface area contributed by atoms with Crippen LogP contribution in [0.1, 0.15) is 37.7 Å². The van der Waals surface area contributed by atoms with Crippen LogP contribution < -0.4 is 10.6 Å². The average Bonchev–Trinajstić information content (AvgIpc) is 2.43. The largest absolute Gasteiger partial charge is 0.330 e. The van der Waals surface area contributed by atoms with E-state index in [0.29, 0.717) is 6.42 Å². The van der Waals surface area contributed by atoms with Crippen LogP contribution in [0.15, 0.2) is 24.3 Å². The van der Waals surface area contributed by atoms with Crippen molar-refractivity contribution in [3.05, 3.63) is 29.8 Å². The number of carbonyl (C=O) groups is 1. The summed E-state index contributed by atoms with van der Waals surface area (Å²) in [5, 5.41) is 0. The number of anilines is 1. The molecular weight excluding hydrogens is 224 g/mol. The van der Waals surface area contributed by atoms with Gasteiger partial charge in [-0.2, -0.15) is 0 Å². The zero-order valence-corrected chi connectivity index (χ0v) is 10.9. The molecular formula is C15H22N2O. The number of nitrogens with two attached hydrogens (primary N) is 1. The Morgan fingerprint density at radius 2 is 2.06 bits per heavy atom. The Kier molecular flexibility index (Phi) is 4.76. The molecule has 1 heterocycles. The summed E-state index contributed by atoms with van der Waals surface area (Å²) in [6.07, 6.45) is 5.84. The Hall–Kier alpha value is -1.35. The second kappa shape index (κ2) is 6.55. The van der Waals surface area contributed by atoms with Gasteiger partial charge in [-0.25, -0.2) is 0 Å². The van der Waals surface area contributed by atoms with Gasteiger partial charge in [0.25, 0.3) is 0 Å². The first-order valence-corrected chi connectivity index (χ1v) is 6.91. The van der Waals surface area contributed by atoms with Gasteiger partial charge in [0, 0.05) is 18.7 Å². The molecule has 0 saturated carbocycles. The van der Waals surface area contributed by atoms with E-state index in [1.165, 1.54) is 5.56 Å². The number of amides is 1. The van der Waals surface area contributed by atoms with Crippen molar-refractivity contribution in [1.82, 2.24) is 0 Å². The number of para-hydroxylation sites is 1. The van der Waals surface area contributed by atoms with Gasteiger partial charge < -0.3 is 10.6 Å². The standard InChI is InChI=1S/C15H22N2O/c16-11-5-1-2-10-15(18)17-12-6-8-13-7-3-4-9-14(13)17/h3-4,7,9H,1-2,5-6,8,10-12,16H2. The third kappa shape index (κ3) is 3.10. The SMILES string of the molecule is NCCCCCC(=O)N1CCCc2ccccc21. The maximum Gasteiger partial charge on any atom is 0.226 e. The van der Waals surface area contributed by atoms with Crippen LogP contribution in [-0.4, -0.2) is 19.0 Å². The molecule has 3 nitrogen and oxygen atoms in total. The number of fused-ring (bicyclic) bond motifs is 1. The first kappa shape index (κ1) is 13.1. The average molecular weight is 246 g/mol. The topological polar surface area (TPSA) is 46.3 Å². The quantitative estimate of drug-likeness (QED) is 0.811. The van der Waals surface area contributed by atoms with Crippen LogP contribution in [0.4, 0.5) is 5.69 Å². The van der Waals surface area contributed by atoms with Crippen molar-refractivity contribution in [3.8, 4) is 0 Å². The Labute approximate surface area is 109 Å². The van der Waals surface area contributed by atoms with Crippen LogP contribution in [-0.2, 0) is 11.2 Å². The number of hydrogen-bond acceptors (Lipinski definition) is 2. The summed E-state index contributed by atoms with van der Waals surface area (Å²) < 4.78 is 0. The fourth-order valence-electron chi connectivity index (χ4n) is 2.52. The van der Waals surface area contributed by atoms with E-state index >= 15 is 0 Å². The molecule has 0 bridgehead atoms. The second-order valence-corrected chi connectivity index (χ2v) is 4.88. The summed E-state index contributed by atoms with van der Waals surface area (Å²) in [7, 11) is 0. The minimum atomic E-state index is 0.263. The first-order valence-electron chi connectivity index (χ1n) is 6.91. The molecule has 0 spiro atoms. The molecule has 1 aromatic carbocycles. The lowest BCUT2D eigenvalue weighted by Crippen LogP contribution is -2.35. The molecule has 1 aliphatic rings. The molecule has 2 rings (SSSR count). The third-order valence-corrected chi connectivity index (χ3v) is 3.51. The van der Waals surface area contributed by atoms with E-state index in [1.54, 1.807) is 0 Å². The van der Waals surface area contributed by atoms with E-state index in [-0.39, 0.29) is 5.91 Å². The summed E-state index contributed by atoms with van der Waals surface area (Å²) in [5.41, 5.74) is 7.88. The zero-order valence-electron chi connectivity index (χ0n) is 10.9. The predicted octanol–water partition coefficient (Wildman–Crippen LogP) is 2.48. The van der Waals surface area contributed by atoms with E-state index in [2.05, 4.69) is 12.1 Å². The van der Waals surface area contributed by atoms with Crippen LogP contribution in [0.2, 0.25) is 0 Å². The monoisotopic (exact) mass is 246 g/mol. The first-order chi connectivity index (χ1) is 8.83. The van der Waals surface area contributed by atoms with Crippen molar-refractivity contribution >= 4 is 11.6 Å². The van der Waals surface area contributed by atoms with Gasteiger partial charge in [0.05, 0.1) is 0 Å². The maximum atomic E-state index is 12.2. The number of hydrogen-bond donors (Lipinski definition) is 1. The maximum absolute atomic E-state index is 12.2. The summed E-state index contributed by atoms with van der Waals surface area (Å²) in [4.78, 5) is 14.2. The lowest BCUT2D eigenvalue weighted by atomic mass is 10.0. The second-order valence-electron chi connectivity index (χ2n) is 4.88. The highest BCUT2D eigenvalue weighted by Crippen LogP contribution is 2.27. The Morgan fingerprint density at radius 1 is 1.22 bits per heavy atom. The highest BCUT2D eigenvalue weighted by molar-refractivity contribution is 5.94. The molecule has 0 saturated heterocycles. The molecule has 0 aromatic heterocycles. The van der Waals surface area contributed by atoms with Gasteiger partial charge in [0.1, 0.15) is 0 Å². The summed E-state index contributed by atoms with van der Waals surface area (Å²) >= 11 is 0. The molecule has 1 amide bonds. The van der Waals surface area contributed by atoms with E-state index in [0.717, 1.165) is 50.9 Å². The van der Waals surface area contributed by atoms with Gasteiger partial charge >= 0.3 is 0 Å². The molecule has 1 aromatic rings. The number of benzene rings is 1. The number of unbranched alkanes of at least 4 members (excludes halogenated alkanes) is 2. The smallest absolute Gasteiger partial charge is 0.226 e. The molecule has 0 fully saturated rings. The molecule has 0 aliphatic carbocycles. The van der Waals surface area contributed by atoms with Gasteiger partial charge in [-0.15, -0.1) is 0 Å². The normalized spacial score (nSPS) is 14.4. The summed E-state index contributed by atoms with van der Waals surface area (Å²) in [6.45, 7) is 1.59. The van der Waals surface area contributed by atoms with Gasteiger partial charge in [-0.1, -0.05) is 24.6 Å². The molecule has 98 valence electrons. The molecule has 0 atom stereocenters. The molecule has 1 aliphatic heterocycles. The van der Waals surface area contributed by atoms with E-state index < -0.39 is 0 Å². The molecule has 3 heteroatoms. The van der Waals surface area contributed by atoms with Gasteiger partial charge in [0.15, 0.2) is 0 Å². The van der Waals surface area contributed by atoms with Crippen molar-refractivity contribution < 1.29 is 4.79 Å². The Morgan fingerprint density at radius 3 is 2.89 bits per heavy atom. The van der Waals surface area contributed by atoms with Gasteiger partial charge in [-0.05, 0) is 43.9 Å². The van der Waals surface area contributed by atoms with E-state index in [9.17, 15) is 4.79 Å². The number of aryl methyl sites for hydroxylation is 1. The molecule has 18 heavy (non-hydrogen) atoms. The molecule has 2 N–H and O–H groups in total. The fraction of sp³-hybridized carbons (Fsp3) is 0.533. The van der Waals surface area contributed by atoms with Crippen molar-refractivity contribution in [2.24, 2.45) is 5.73 Å². The van der Waals surface area contributed by atoms with E-state index in [4.69, 9.17) is 5.73 Å². The van der Waals surface area contributed by atoms with Gasteiger partial charge in [-0.3, -0.25) is 4.79 Å². The summed E-state index contributed by atoms with van der Waals surface area (Å²) in [5.74, 6) is 0.263. The minimum Gasteiger partial charge on any atom is -0.330 e. The number of nitrogens with zero attached hydrogens (tertiary/aromatic N) is 1. The van der Waals surface area contributed by atoms with Crippen LogP contribution >= 0.6 is 0 Å². The zero-order chi connectivity index (χ0) is 12.8. The highest BCUT2D eigenvalue weighted by Gasteiger charge is 2.21. The van der Waals surface area contributed by atoms with Gasteiger partial charge in [0.2, 0.25) is 5.91 Å². The van der Waals surface area contributed by atoms with Crippen molar-refractivity contribution in [2.45, 2.75) is 38.5 Å². The lowest BCUT2D eigenvalue weighted by Gasteiger charge is -2.29.